The molecule has 9 nitrogen and oxygen atoms in total. The molecule has 0 saturated carbocycles. The van der Waals surface area contributed by atoms with Gasteiger partial charge in [-0.05, 0) is 49.2 Å². The summed E-state index contributed by atoms with van der Waals surface area (Å²) in [6.07, 6.45) is 1.70. The van der Waals surface area contributed by atoms with E-state index in [1.807, 2.05) is 63.2 Å². The fourth-order valence-electron chi connectivity index (χ4n) is 4.29. The molecular formula is C30H36N6O3. The van der Waals surface area contributed by atoms with E-state index >= 15 is 0 Å². The number of rotatable bonds is 8. The van der Waals surface area contributed by atoms with E-state index in [1.165, 1.54) is 0 Å². The average molecular weight is 529 g/mol. The van der Waals surface area contributed by atoms with Crippen LogP contribution in [0.3, 0.4) is 0 Å². The molecule has 3 amide bonds. The van der Waals surface area contributed by atoms with Crippen molar-refractivity contribution in [3.8, 4) is 11.3 Å². The van der Waals surface area contributed by atoms with Gasteiger partial charge in [-0.1, -0.05) is 51.1 Å². The Morgan fingerprint density at radius 3 is 2.28 bits per heavy atom. The van der Waals surface area contributed by atoms with E-state index in [-0.39, 0.29) is 23.6 Å². The molecule has 2 aromatic carbocycles. The van der Waals surface area contributed by atoms with Crippen LogP contribution < -0.4 is 20.9 Å². The molecule has 3 N–H and O–H groups in total. The second-order valence-corrected chi connectivity index (χ2v) is 10.8. The van der Waals surface area contributed by atoms with Gasteiger partial charge in [0, 0.05) is 48.4 Å². The van der Waals surface area contributed by atoms with Gasteiger partial charge in [0.1, 0.15) is 0 Å². The van der Waals surface area contributed by atoms with Gasteiger partial charge >= 0.3 is 0 Å². The van der Waals surface area contributed by atoms with Crippen LogP contribution in [0.1, 0.15) is 44.0 Å². The Balaban J connectivity index is 1.20. The summed E-state index contributed by atoms with van der Waals surface area (Å²) in [5, 5.41) is 17.4. The molecule has 2 heterocycles. The topological polar surface area (TPSA) is 116 Å². The molecule has 0 radical (unpaired) electrons. The Hall–Kier alpha value is -4.27. The summed E-state index contributed by atoms with van der Waals surface area (Å²) in [4.78, 5) is 39.5. The number of amides is 3. The molecule has 4 rings (SSSR count). The zero-order chi connectivity index (χ0) is 27.8. The van der Waals surface area contributed by atoms with Crippen molar-refractivity contribution in [2.75, 3.05) is 36.4 Å². The first-order valence-electron chi connectivity index (χ1n) is 13.3. The van der Waals surface area contributed by atoms with Crippen LogP contribution in [0.4, 0.5) is 11.5 Å². The first-order valence-corrected chi connectivity index (χ1v) is 13.3. The molecule has 3 aromatic rings. The minimum absolute atomic E-state index is 0.0262. The first-order chi connectivity index (χ1) is 18.7. The maximum absolute atomic E-state index is 12.8. The number of hydrogen-bond donors (Lipinski definition) is 3. The van der Waals surface area contributed by atoms with Gasteiger partial charge in [0.15, 0.2) is 5.82 Å². The summed E-state index contributed by atoms with van der Waals surface area (Å²) in [6.45, 7) is 7.59. The second kappa shape index (κ2) is 12.5. The van der Waals surface area contributed by atoms with Crippen LogP contribution in [0.2, 0.25) is 0 Å². The molecule has 1 atom stereocenters. The van der Waals surface area contributed by atoms with Crippen molar-refractivity contribution in [2.45, 2.75) is 33.6 Å². The van der Waals surface area contributed by atoms with E-state index in [0.29, 0.717) is 30.9 Å². The SMILES string of the molecule is CC(C)(C)C(=O)Nc1ccc(C(=O)NCCNC(=O)C2CCCN(c3ccc(-c4ccccc4)nn3)C2)cc1. The van der Waals surface area contributed by atoms with Crippen molar-refractivity contribution in [1.82, 2.24) is 20.8 Å². The van der Waals surface area contributed by atoms with Crippen molar-refractivity contribution in [2.24, 2.45) is 11.3 Å². The maximum atomic E-state index is 12.8. The Morgan fingerprint density at radius 2 is 1.62 bits per heavy atom. The Labute approximate surface area is 229 Å². The quantitative estimate of drug-likeness (QED) is 0.382. The van der Waals surface area contributed by atoms with Gasteiger partial charge in [-0.2, -0.15) is 0 Å². The average Bonchev–Trinajstić information content (AvgIpc) is 2.95. The Morgan fingerprint density at radius 1 is 0.897 bits per heavy atom. The summed E-state index contributed by atoms with van der Waals surface area (Å²) in [7, 11) is 0. The minimum Gasteiger partial charge on any atom is -0.354 e. The number of aromatic nitrogens is 2. The number of nitrogens with one attached hydrogen (secondary N) is 3. The van der Waals surface area contributed by atoms with E-state index in [9.17, 15) is 14.4 Å². The molecule has 0 aliphatic carbocycles. The van der Waals surface area contributed by atoms with Crippen LogP contribution >= 0.6 is 0 Å². The van der Waals surface area contributed by atoms with Crippen molar-refractivity contribution in [1.29, 1.82) is 0 Å². The number of benzene rings is 2. The molecule has 9 heteroatoms. The predicted molar refractivity (Wildman–Crippen MR) is 152 cm³/mol. The van der Waals surface area contributed by atoms with Crippen molar-refractivity contribution in [3.63, 3.8) is 0 Å². The zero-order valence-electron chi connectivity index (χ0n) is 22.7. The monoisotopic (exact) mass is 528 g/mol. The van der Waals surface area contributed by atoms with Crippen LogP contribution in [0, 0.1) is 11.3 Å². The molecule has 0 bridgehead atoms. The highest BCUT2D eigenvalue weighted by Gasteiger charge is 2.26. The highest BCUT2D eigenvalue weighted by atomic mass is 16.2. The third-order valence-electron chi connectivity index (χ3n) is 6.63. The molecule has 1 aromatic heterocycles. The standard InChI is InChI=1S/C30H36N6O3/c1-30(2,3)29(39)33-24-13-11-22(12-14-24)27(37)31-17-18-32-28(38)23-10-7-19-36(20-23)26-16-15-25(34-35-26)21-8-5-4-6-9-21/h4-6,8-9,11-16,23H,7,10,17-20H2,1-3H3,(H,31,37)(H,32,38)(H,33,39). The Bertz CT molecular complexity index is 1270. The molecule has 1 saturated heterocycles. The highest BCUT2D eigenvalue weighted by molar-refractivity contribution is 5.97. The number of hydrogen-bond acceptors (Lipinski definition) is 6. The van der Waals surface area contributed by atoms with E-state index in [4.69, 9.17) is 0 Å². The number of carbonyl (C=O) groups excluding carboxylic acids is 3. The molecule has 204 valence electrons. The summed E-state index contributed by atoms with van der Waals surface area (Å²) in [5.74, 6) is 0.260. The van der Waals surface area contributed by atoms with E-state index in [1.54, 1.807) is 24.3 Å². The molecule has 1 unspecified atom stereocenters. The smallest absolute Gasteiger partial charge is 0.251 e. The largest absolute Gasteiger partial charge is 0.354 e. The fraction of sp³-hybridized carbons (Fsp3) is 0.367. The van der Waals surface area contributed by atoms with Crippen molar-refractivity contribution >= 4 is 29.2 Å². The number of piperidine rings is 1. The zero-order valence-corrected chi connectivity index (χ0v) is 22.7. The summed E-state index contributed by atoms with van der Waals surface area (Å²) in [6, 6.07) is 20.6. The highest BCUT2D eigenvalue weighted by Crippen LogP contribution is 2.23. The lowest BCUT2D eigenvalue weighted by atomic mass is 9.95. The predicted octanol–water partition coefficient (Wildman–Crippen LogP) is 3.89. The fourth-order valence-corrected chi connectivity index (χ4v) is 4.29. The molecular weight excluding hydrogens is 492 g/mol. The number of carbonyl (C=O) groups is 3. The molecule has 0 spiro atoms. The van der Waals surface area contributed by atoms with Gasteiger partial charge in [0.2, 0.25) is 11.8 Å². The van der Waals surface area contributed by atoms with E-state index in [2.05, 4.69) is 31.0 Å². The van der Waals surface area contributed by atoms with Crippen molar-refractivity contribution < 1.29 is 14.4 Å². The number of nitrogens with zero attached hydrogens (tertiary/aromatic N) is 3. The summed E-state index contributed by atoms with van der Waals surface area (Å²) in [5.41, 5.74) is 2.45. The summed E-state index contributed by atoms with van der Waals surface area (Å²) >= 11 is 0. The van der Waals surface area contributed by atoms with Gasteiger partial charge in [0.25, 0.3) is 5.91 Å². The Kier molecular flexibility index (Phi) is 8.91. The van der Waals surface area contributed by atoms with E-state index in [0.717, 1.165) is 36.5 Å². The van der Waals surface area contributed by atoms with Crippen LogP contribution in [0.25, 0.3) is 11.3 Å². The summed E-state index contributed by atoms with van der Waals surface area (Å²) < 4.78 is 0. The van der Waals surface area contributed by atoms with E-state index < -0.39 is 5.41 Å². The van der Waals surface area contributed by atoms with Crippen molar-refractivity contribution in [3.05, 3.63) is 72.3 Å². The van der Waals surface area contributed by atoms with Gasteiger partial charge in [0.05, 0.1) is 11.6 Å². The first kappa shape index (κ1) is 27.8. The minimum atomic E-state index is -0.501. The van der Waals surface area contributed by atoms with Crippen LogP contribution in [0.15, 0.2) is 66.7 Å². The second-order valence-electron chi connectivity index (χ2n) is 10.8. The lowest BCUT2D eigenvalue weighted by molar-refractivity contribution is -0.125. The number of anilines is 2. The van der Waals surface area contributed by atoms with Gasteiger partial charge < -0.3 is 20.9 Å². The van der Waals surface area contributed by atoms with Crippen LogP contribution in [0.5, 0.6) is 0 Å². The molecule has 1 aliphatic heterocycles. The maximum Gasteiger partial charge on any atom is 0.251 e. The van der Waals surface area contributed by atoms with Crippen LogP contribution in [-0.4, -0.2) is 54.1 Å². The van der Waals surface area contributed by atoms with Gasteiger partial charge in [-0.15, -0.1) is 10.2 Å². The lowest BCUT2D eigenvalue weighted by Gasteiger charge is -2.32. The molecule has 1 fully saturated rings. The van der Waals surface area contributed by atoms with Gasteiger partial charge in [-0.3, -0.25) is 14.4 Å². The normalized spacial score (nSPS) is 15.4. The molecule has 39 heavy (non-hydrogen) atoms. The third-order valence-corrected chi connectivity index (χ3v) is 6.63. The third kappa shape index (κ3) is 7.63. The molecule has 1 aliphatic rings. The van der Waals surface area contributed by atoms with Gasteiger partial charge in [-0.25, -0.2) is 0 Å². The lowest BCUT2D eigenvalue weighted by Crippen LogP contribution is -2.45. The van der Waals surface area contributed by atoms with Crippen LogP contribution in [-0.2, 0) is 9.59 Å².